The van der Waals surface area contributed by atoms with E-state index in [1.54, 1.807) is 18.2 Å². The average molecular weight is 577 g/mol. The van der Waals surface area contributed by atoms with Crippen LogP contribution in [-0.2, 0) is 19.5 Å². The number of sulfonamides is 1. The maximum Gasteiger partial charge on any atom is 0.260 e. The van der Waals surface area contributed by atoms with E-state index in [0.717, 1.165) is 45.4 Å². The molecule has 1 amide bonds. The van der Waals surface area contributed by atoms with Crippen LogP contribution in [0.15, 0.2) is 30.1 Å². The highest BCUT2D eigenvalue weighted by molar-refractivity contribution is 7.89. The number of nitrogens with zero attached hydrogens (tertiary/aromatic N) is 3. The number of morpholine rings is 1. The quantitative estimate of drug-likeness (QED) is 0.341. The summed E-state index contributed by atoms with van der Waals surface area (Å²) in [6.07, 6.45) is 11.5. The van der Waals surface area contributed by atoms with E-state index in [-0.39, 0.29) is 24.5 Å². The highest BCUT2D eigenvalue weighted by Crippen LogP contribution is 2.25. The Bertz CT molecular complexity index is 1190. The number of anilines is 2. The summed E-state index contributed by atoms with van der Waals surface area (Å²) in [6, 6.07) is 0.0909. The number of amides is 1. The van der Waals surface area contributed by atoms with Crippen LogP contribution in [0.5, 0.6) is 0 Å². The number of aliphatic hydroxyl groups excluding tert-OH is 1. The predicted octanol–water partition coefficient (Wildman–Crippen LogP) is 1.63. The van der Waals surface area contributed by atoms with Crippen molar-refractivity contribution < 1.29 is 27.8 Å². The molecule has 40 heavy (non-hydrogen) atoms. The van der Waals surface area contributed by atoms with Gasteiger partial charge in [-0.05, 0) is 56.9 Å². The summed E-state index contributed by atoms with van der Waals surface area (Å²) in [5.41, 5.74) is 0.840. The van der Waals surface area contributed by atoms with Crippen molar-refractivity contribution >= 4 is 27.7 Å². The van der Waals surface area contributed by atoms with Crippen molar-refractivity contribution in [2.75, 3.05) is 56.7 Å². The summed E-state index contributed by atoms with van der Waals surface area (Å²) in [6.45, 7) is 3.77. The van der Waals surface area contributed by atoms with Crippen LogP contribution in [0.2, 0.25) is 0 Å². The van der Waals surface area contributed by atoms with Crippen LogP contribution in [0.25, 0.3) is 0 Å². The van der Waals surface area contributed by atoms with Crippen LogP contribution in [0, 0.1) is 5.92 Å². The smallest absolute Gasteiger partial charge is 0.260 e. The third kappa shape index (κ3) is 7.38. The minimum Gasteiger partial charge on any atom is -0.393 e. The number of aromatic nitrogens is 2. The molecule has 0 radical (unpaired) electrons. The maximum atomic E-state index is 13.3. The highest BCUT2D eigenvalue weighted by Gasteiger charge is 2.32. The van der Waals surface area contributed by atoms with E-state index in [4.69, 9.17) is 9.47 Å². The first-order valence-electron chi connectivity index (χ1n) is 14.3. The Morgan fingerprint density at radius 2 is 1.77 bits per heavy atom. The highest BCUT2D eigenvalue weighted by atomic mass is 32.2. The molecule has 4 aliphatic rings. The van der Waals surface area contributed by atoms with Gasteiger partial charge in [0.15, 0.2) is 0 Å². The molecule has 0 spiro atoms. The van der Waals surface area contributed by atoms with Crippen molar-refractivity contribution in [2.45, 2.75) is 62.3 Å². The van der Waals surface area contributed by atoms with Gasteiger partial charge in [-0.2, -0.15) is 9.29 Å². The van der Waals surface area contributed by atoms with E-state index < -0.39 is 15.3 Å². The number of hydrogen-bond donors (Lipinski definition) is 4. The van der Waals surface area contributed by atoms with E-state index in [0.29, 0.717) is 68.1 Å². The fourth-order valence-corrected chi connectivity index (χ4v) is 7.11. The zero-order valence-corrected chi connectivity index (χ0v) is 23.6. The molecule has 2 aliphatic carbocycles. The van der Waals surface area contributed by atoms with Crippen LogP contribution >= 0.6 is 0 Å². The molecule has 1 saturated carbocycles. The van der Waals surface area contributed by atoms with E-state index >= 15 is 0 Å². The predicted molar refractivity (Wildman–Crippen MR) is 150 cm³/mol. The van der Waals surface area contributed by atoms with Crippen molar-refractivity contribution in [3.63, 3.8) is 0 Å². The van der Waals surface area contributed by atoms with Gasteiger partial charge < -0.3 is 30.5 Å². The van der Waals surface area contributed by atoms with Crippen LogP contribution < -0.4 is 16.0 Å². The lowest BCUT2D eigenvalue weighted by Crippen LogP contribution is -2.45. The molecule has 4 N–H and O–H groups in total. The number of ether oxygens (including phenoxy) is 2. The van der Waals surface area contributed by atoms with E-state index in [1.165, 1.54) is 10.5 Å². The lowest BCUT2D eigenvalue weighted by Gasteiger charge is -2.29. The third-order valence-electron chi connectivity index (χ3n) is 7.99. The zero-order valence-electron chi connectivity index (χ0n) is 22.8. The van der Waals surface area contributed by atoms with E-state index in [2.05, 4.69) is 25.9 Å². The molecule has 220 valence electrons. The van der Waals surface area contributed by atoms with Gasteiger partial charge in [0.25, 0.3) is 5.91 Å². The molecule has 1 atom stereocenters. The first kappa shape index (κ1) is 28.9. The molecule has 1 aromatic rings. The summed E-state index contributed by atoms with van der Waals surface area (Å²) in [7, 11) is -3.49. The maximum absolute atomic E-state index is 13.3. The van der Waals surface area contributed by atoms with Crippen molar-refractivity contribution in [3.05, 3.63) is 35.7 Å². The Balaban J connectivity index is 1.25. The molecule has 12 nitrogen and oxygen atoms in total. The lowest BCUT2D eigenvalue weighted by molar-refractivity contribution is 0.0699. The standard InChI is InChI=1S/C27H40N6O6S/c34-22-5-1-20(2-6-22)30-25-24(18-29-27(32-25)28-17-19-9-13-38-14-10-19)26(35)31-21-3-7-23(8-4-21)40(36,37)33-11-15-39-16-12-33/h3-4,7,18-20,22-23,34H,1-2,5-6,8-17H2,(H,31,35)(H2,28,29,30,32)/t20-,22-,23?. The summed E-state index contributed by atoms with van der Waals surface area (Å²) >= 11 is 0. The van der Waals surface area contributed by atoms with Crippen molar-refractivity contribution in [2.24, 2.45) is 5.92 Å². The van der Waals surface area contributed by atoms with Gasteiger partial charge in [0.1, 0.15) is 11.4 Å². The second-order valence-corrected chi connectivity index (χ2v) is 13.0. The Labute approximate surface area is 235 Å². The van der Waals surface area contributed by atoms with Gasteiger partial charge in [-0.1, -0.05) is 12.2 Å². The zero-order chi connectivity index (χ0) is 28.0. The second-order valence-electron chi connectivity index (χ2n) is 10.8. The fraction of sp³-hybridized carbons (Fsp3) is 0.667. The molecule has 0 aromatic carbocycles. The minimum absolute atomic E-state index is 0.0909. The molecule has 5 rings (SSSR count). The SMILES string of the molecule is O=C(NC1=CCC(S(=O)(=O)N2CCOCC2)C=C1)c1cnc(NCC2CCOCC2)nc1N[C@H]1CC[C@H](O)CC1. The minimum atomic E-state index is -3.49. The molecular formula is C27H40N6O6S. The average Bonchev–Trinajstić information content (AvgIpc) is 2.98. The second kappa shape index (κ2) is 13.4. The van der Waals surface area contributed by atoms with Gasteiger partial charge in [0.2, 0.25) is 16.0 Å². The number of allylic oxidation sites excluding steroid dienone is 2. The normalized spacial score (nSPS) is 26.6. The van der Waals surface area contributed by atoms with Gasteiger partial charge in [-0.3, -0.25) is 4.79 Å². The van der Waals surface area contributed by atoms with Gasteiger partial charge >= 0.3 is 0 Å². The molecule has 1 aromatic heterocycles. The largest absolute Gasteiger partial charge is 0.393 e. The molecule has 2 saturated heterocycles. The Hall–Kier alpha value is -2.58. The van der Waals surface area contributed by atoms with Crippen LogP contribution in [0.3, 0.4) is 0 Å². The Morgan fingerprint density at radius 1 is 1.05 bits per heavy atom. The molecule has 3 heterocycles. The molecular weight excluding hydrogens is 536 g/mol. The molecule has 0 bridgehead atoms. The fourth-order valence-electron chi connectivity index (χ4n) is 5.45. The molecule has 2 aliphatic heterocycles. The Morgan fingerprint density at radius 3 is 2.48 bits per heavy atom. The Kier molecular flexibility index (Phi) is 9.68. The van der Waals surface area contributed by atoms with E-state index in [9.17, 15) is 18.3 Å². The number of hydrogen-bond acceptors (Lipinski definition) is 10. The topological polar surface area (TPSA) is 155 Å². The number of aliphatic hydroxyl groups is 1. The monoisotopic (exact) mass is 576 g/mol. The summed E-state index contributed by atoms with van der Waals surface area (Å²) in [5.74, 6) is 1.00. The summed E-state index contributed by atoms with van der Waals surface area (Å²) < 4.78 is 38.2. The van der Waals surface area contributed by atoms with Crippen LogP contribution in [0.4, 0.5) is 11.8 Å². The molecule has 13 heteroatoms. The summed E-state index contributed by atoms with van der Waals surface area (Å²) in [4.78, 5) is 22.4. The number of nitrogens with one attached hydrogen (secondary N) is 3. The third-order valence-corrected chi connectivity index (χ3v) is 10.2. The number of rotatable bonds is 9. The van der Waals surface area contributed by atoms with Gasteiger partial charge in [0.05, 0.1) is 24.6 Å². The number of carbonyl (C=O) groups is 1. The van der Waals surface area contributed by atoms with Gasteiger partial charge in [-0.15, -0.1) is 0 Å². The first-order valence-corrected chi connectivity index (χ1v) is 15.8. The van der Waals surface area contributed by atoms with Crippen molar-refractivity contribution in [1.82, 2.24) is 19.6 Å². The summed E-state index contributed by atoms with van der Waals surface area (Å²) in [5, 5.41) is 18.8. The van der Waals surface area contributed by atoms with Gasteiger partial charge in [0, 0.05) is 50.8 Å². The van der Waals surface area contributed by atoms with Crippen molar-refractivity contribution in [3.8, 4) is 0 Å². The van der Waals surface area contributed by atoms with Gasteiger partial charge in [-0.25, -0.2) is 13.4 Å². The van der Waals surface area contributed by atoms with E-state index in [1.807, 2.05) is 0 Å². The van der Waals surface area contributed by atoms with Crippen LogP contribution in [-0.4, -0.2) is 97.2 Å². The lowest BCUT2D eigenvalue weighted by atomic mass is 9.93. The molecule has 1 unspecified atom stereocenters. The number of carbonyl (C=O) groups excluding carboxylic acids is 1. The molecule has 3 fully saturated rings. The van der Waals surface area contributed by atoms with Crippen LogP contribution in [0.1, 0.15) is 55.3 Å². The van der Waals surface area contributed by atoms with Crippen molar-refractivity contribution in [1.29, 1.82) is 0 Å². The first-order chi connectivity index (χ1) is 19.4.